The lowest BCUT2D eigenvalue weighted by Gasteiger charge is -2.37. The van der Waals surface area contributed by atoms with Gasteiger partial charge < -0.3 is 10.6 Å². The predicted octanol–water partition coefficient (Wildman–Crippen LogP) is 4.14. The van der Waals surface area contributed by atoms with Crippen molar-refractivity contribution in [3.8, 4) is 0 Å². The summed E-state index contributed by atoms with van der Waals surface area (Å²) in [6.45, 7) is 0. The third-order valence-electron chi connectivity index (χ3n) is 5.83. The summed E-state index contributed by atoms with van der Waals surface area (Å²) in [6.07, 6.45) is 20.1. The first-order chi connectivity index (χ1) is 9.90. The summed E-state index contributed by atoms with van der Waals surface area (Å²) in [6, 6.07) is 3.27. The number of rotatable bonds is 4. The van der Waals surface area contributed by atoms with Crippen LogP contribution in [0.4, 0.5) is 0 Å². The molecule has 0 saturated heterocycles. The zero-order valence-electron chi connectivity index (χ0n) is 13.2. The summed E-state index contributed by atoms with van der Waals surface area (Å²) in [4.78, 5) is 0. The Morgan fingerprint density at radius 1 is 0.400 bits per heavy atom. The molecular weight excluding hydrogens is 244 g/mol. The Balaban J connectivity index is 1.41. The second-order valence-corrected chi connectivity index (χ2v) is 7.56. The van der Waals surface area contributed by atoms with E-state index in [4.69, 9.17) is 0 Å². The number of hydrogen-bond donors (Lipinski definition) is 2. The van der Waals surface area contributed by atoms with Gasteiger partial charge in [-0.15, -0.1) is 0 Å². The molecule has 3 saturated carbocycles. The fourth-order valence-corrected chi connectivity index (χ4v) is 4.70. The van der Waals surface area contributed by atoms with Crippen molar-refractivity contribution < 1.29 is 0 Å². The van der Waals surface area contributed by atoms with Crippen LogP contribution in [0.25, 0.3) is 0 Å². The van der Waals surface area contributed by atoms with Gasteiger partial charge in [0.2, 0.25) is 0 Å². The van der Waals surface area contributed by atoms with Crippen molar-refractivity contribution in [2.24, 2.45) is 0 Å². The normalized spacial score (nSPS) is 34.2. The molecule has 0 spiro atoms. The van der Waals surface area contributed by atoms with Crippen molar-refractivity contribution in [2.45, 2.75) is 114 Å². The Morgan fingerprint density at radius 3 is 1.25 bits per heavy atom. The third kappa shape index (κ3) is 4.46. The van der Waals surface area contributed by atoms with Gasteiger partial charge >= 0.3 is 0 Å². The van der Waals surface area contributed by atoms with Crippen molar-refractivity contribution in [3.63, 3.8) is 0 Å². The summed E-state index contributed by atoms with van der Waals surface area (Å²) >= 11 is 0. The first kappa shape index (κ1) is 14.8. The van der Waals surface area contributed by atoms with E-state index in [1.54, 1.807) is 0 Å². The minimum Gasteiger partial charge on any atom is -0.311 e. The Kier molecular flexibility index (Phi) is 5.78. The molecule has 3 rings (SSSR count). The Bertz CT molecular complexity index is 241. The van der Waals surface area contributed by atoms with Gasteiger partial charge in [0.25, 0.3) is 0 Å². The molecule has 0 aromatic carbocycles. The molecule has 0 aromatic rings. The van der Waals surface area contributed by atoms with E-state index in [-0.39, 0.29) is 0 Å². The maximum absolute atomic E-state index is 3.99. The molecular formula is C18H34N2. The molecule has 0 radical (unpaired) electrons. The van der Waals surface area contributed by atoms with E-state index in [1.165, 1.54) is 89.9 Å². The van der Waals surface area contributed by atoms with Gasteiger partial charge in [0.15, 0.2) is 0 Å². The van der Waals surface area contributed by atoms with Crippen LogP contribution >= 0.6 is 0 Å². The Labute approximate surface area is 125 Å². The Morgan fingerprint density at radius 2 is 0.800 bits per heavy atom. The summed E-state index contributed by atoms with van der Waals surface area (Å²) in [7, 11) is 0. The largest absolute Gasteiger partial charge is 0.311 e. The van der Waals surface area contributed by atoms with Crippen LogP contribution in [-0.2, 0) is 0 Å². The summed E-state index contributed by atoms with van der Waals surface area (Å²) in [5.74, 6) is 0. The highest BCUT2D eigenvalue weighted by Crippen LogP contribution is 2.25. The van der Waals surface area contributed by atoms with Crippen LogP contribution < -0.4 is 10.6 Å². The summed E-state index contributed by atoms with van der Waals surface area (Å²) < 4.78 is 0. The lowest BCUT2D eigenvalue weighted by Crippen LogP contribution is -2.48. The van der Waals surface area contributed by atoms with Gasteiger partial charge in [0, 0.05) is 24.2 Å². The van der Waals surface area contributed by atoms with Gasteiger partial charge in [-0.25, -0.2) is 0 Å². The van der Waals surface area contributed by atoms with Crippen molar-refractivity contribution >= 4 is 0 Å². The van der Waals surface area contributed by atoms with Gasteiger partial charge in [-0.05, 0) is 44.9 Å². The van der Waals surface area contributed by atoms with E-state index < -0.39 is 0 Å². The van der Waals surface area contributed by atoms with E-state index in [9.17, 15) is 0 Å². The molecule has 3 aliphatic rings. The fourth-order valence-electron chi connectivity index (χ4n) is 4.70. The van der Waals surface area contributed by atoms with Crippen LogP contribution in [0, 0.1) is 0 Å². The van der Waals surface area contributed by atoms with Crippen LogP contribution in [0.2, 0.25) is 0 Å². The SMILES string of the molecule is C1CCC(NC2CCCC(NC3CCCCC3)C2)CC1. The second-order valence-electron chi connectivity index (χ2n) is 7.56. The van der Waals surface area contributed by atoms with Gasteiger partial charge in [-0.1, -0.05) is 44.9 Å². The van der Waals surface area contributed by atoms with Crippen molar-refractivity contribution in [3.05, 3.63) is 0 Å². The molecule has 20 heavy (non-hydrogen) atoms. The molecule has 2 unspecified atom stereocenters. The van der Waals surface area contributed by atoms with Gasteiger partial charge in [0.1, 0.15) is 0 Å². The number of nitrogens with one attached hydrogen (secondary N) is 2. The zero-order chi connectivity index (χ0) is 13.6. The van der Waals surface area contributed by atoms with Crippen molar-refractivity contribution in [1.29, 1.82) is 0 Å². The van der Waals surface area contributed by atoms with Gasteiger partial charge in [0.05, 0.1) is 0 Å². The summed E-state index contributed by atoms with van der Waals surface area (Å²) in [5.41, 5.74) is 0. The standard InChI is InChI=1S/C18H34N2/c1-3-8-15(9-4-1)19-17-12-7-13-18(14-17)20-16-10-5-2-6-11-16/h15-20H,1-14H2. The average molecular weight is 278 g/mol. The first-order valence-electron chi connectivity index (χ1n) is 9.42. The molecule has 0 amide bonds. The zero-order valence-corrected chi connectivity index (χ0v) is 13.2. The summed E-state index contributed by atoms with van der Waals surface area (Å²) in [5, 5.41) is 7.97. The lowest BCUT2D eigenvalue weighted by atomic mass is 9.87. The molecule has 3 fully saturated rings. The molecule has 3 aliphatic carbocycles. The minimum atomic E-state index is 0.799. The van der Waals surface area contributed by atoms with Crippen LogP contribution in [-0.4, -0.2) is 24.2 Å². The molecule has 2 heteroatoms. The van der Waals surface area contributed by atoms with E-state index >= 15 is 0 Å². The van der Waals surface area contributed by atoms with Crippen LogP contribution in [0.5, 0.6) is 0 Å². The van der Waals surface area contributed by atoms with E-state index in [0.717, 1.165) is 24.2 Å². The highest BCUT2D eigenvalue weighted by Gasteiger charge is 2.26. The quantitative estimate of drug-likeness (QED) is 0.807. The smallest absolute Gasteiger partial charge is 0.00844 e. The van der Waals surface area contributed by atoms with Gasteiger partial charge in [-0.2, -0.15) is 0 Å². The molecule has 0 bridgehead atoms. The van der Waals surface area contributed by atoms with Crippen molar-refractivity contribution in [1.82, 2.24) is 10.6 Å². The van der Waals surface area contributed by atoms with E-state index in [2.05, 4.69) is 10.6 Å². The topological polar surface area (TPSA) is 24.1 Å². The molecule has 2 N–H and O–H groups in total. The van der Waals surface area contributed by atoms with E-state index in [0.29, 0.717) is 0 Å². The highest BCUT2D eigenvalue weighted by atomic mass is 15.0. The van der Waals surface area contributed by atoms with Crippen LogP contribution in [0.15, 0.2) is 0 Å². The fraction of sp³-hybridized carbons (Fsp3) is 1.00. The Hall–Kier alpha value is -0.0800. The van der Waals surface area contributed by atoms with Gasteiger partial charge in [-0.3, -0.25) is 0 Å². The molecule has 0 heterocycles. The minimum absolute atomic E-state index is 0.799. The van der Waals surface area contributed by atoms with Crippen molar-refractivity contribution in [2.75, 3.05) is 0 Å². The average Bonchev–Trinajstić information content (AvgIpc) is 2.50. The molecule has 0 aromatic heterocycles. The lowest BCUT2D eigenvalue weighted by molar-refractivity contribution is 0.234. The molecule has 116 valence electrons. The van der Waals surface area contributed by atoms with Crippen LogP contribution in [0.3, 0.4) is 0 Å². The molecule has 0 aliphatic heterocycles. The molecule has 2 nitrogen and oxygen atoms in total. The second kappa shape index (κ2) is 7.79. The van der Waals surface area contributed by atoms with E-state index in [1.807, 2.05) is 0 Å². The highest BCUT2D eigenvalue weighted by molar-refractivity contribution is 4.87. The first-order valence-corrected chi connectivity index (χ1v) is 9.42. The molecule has 2 atom stereocenters. The third-order valence-corrected chi connectivity index (χ3v) is 5.83. The monoisotopic (exact) mass is 278 g/mol. The number of hydrogen-bond acceptors (Lipinski definition) is 2. The maximum atomic E-state index is 3.99. The van der Waals surface area contributed by atoms with Crippen LogP contribution in [0.1, 0.15) is 89.9 Å². The maximum Gasteiger partial charge on any atom is 0.00844 e. The predicted molar refractivity (Wildman–Crippen MR) is 86.1 cm³/mol.